The van der Waals surface area contributed by atoms with E-state index in [4.69, 9.17) is 10.00 Å². The fourth-order valence-corrected chi connectivity index (χ4v) is 4.60. The zero-order valence-corrected chi connectivity index (χ0v) is 12.4. The van der Waals surface area contributed by atoms with Gasteiger partial charge in [-0.25, -0.2) is 0 Å². The first-order valence-corrected chi connectivity index (χ1v) is 6.81. The molecule has 0 spiro atoms. The van der Waals surface area contributed by atoms with E-state index in [0.717, 1.165) is 12.2 Å². The summed E-state index contributed by atoms with van der Waals surface area (Å²) in [5.74, 6) is -0.302. The second-order valence-electron chi connectivity index (χ2n) is 2.60. The Hall–Kier alpha value is -0.130. The Morgan fingerprint density at radius 3 is 2.93 bits per heavy atom. The molecule has 80 valence electrons. The summed E-state index contributed by atoms with van der Waals surface area (Å²) in [5.41, 5.74) is 1.30. The number of halogens is 2. The number of carbonyl (C=O) groups is 1. The SMILES string of the molecule is CCOC(=O)Cc1c(Br)sc(I)c1C#N. The lowest BCUT2D eigenvalue weighted by Crippen LogP contribution is -2.08. The zero-order chi connectivity index (χ0) is 11.4. The molecule has 15 heavy (non-hydrogen) atoms. The van der Waals surface area contributed by atoms with Crippen molar-refractivity contribution >= 4 is 55.8 Å². The molecule has 3 nitrogen and oxygen atoms in total. The number of carbonyl (C=O) groups excluding carboxylic acids is 1. The lowest BCUT2D eigenvalue weighted by molar-refractivity contribution is -0.142. The second kappa shape index (κ2) is 5.82. The van der Waals surface area contributed by atoms with Crippen LogP contribution in [-0.2, 0) is 16.0 Å². The minimum atomic E-state index is -0.302. The normalized spacial score (nSPS) is 9.73. The van der Waals surface area contributed by atoms with E-state index in [1.807, 2.05) is 0 Å². The van der Waals surface area contributed by atoms with Gasteiger partial charge in [0, 0.05) is 5.56 Å². The number of nitriles is 1. The quantitative estimate of drug-likeness (QED) is 0.579. The third kappa shape index (κ3) is 3.16. The van der Waals surface area contributed by atoms with E-state index in [0.29, 0.717) is 12.2 Å². The van der Waals surface area contributed by atoms with E-state index in [2.05, 4.69) is 44.6 Å². The van der Waals surface area contributed by atoms with Crippen molar-refractivity contribution in [3.63, 3.8) is 0 Å². The zero-order valence-electron chi connectivity index (χ0n) is 7.84. The molecule has 1 rings (SSSR count). The van der Waals surface area contributed by atoms with Crippen molar-refractivity contribution in [2.24, 2.45) is 0 Å². The molecule has 0 radical (unpaired) electrons. The van der Waals surface area contributed by atoms with Gasteiger partial charge in [-0.3, -0.25) is 4.79 Å². The van der Waals surface area contributed by atoms with Crippen molar-refractivity contribution in [3.05, 3.63) is 17.8 Å². The predicted octanol–water partition coefficient (Wildman–Crippen LogP) is 3.09. The van der Waals surface area contributed by atoms with Crippen molar-refractivity contribution < 1.29 is 9.53 Å². The molecule has 0 aromatic carbocycles. The summed E-state index contributed by atoms with van der Waals surface area (Å²) < 4.78 is 6.56. The molecular weight excluding hydrogens is 393 g/mol. The Bertz CT molecular complexity index is 424. The first kappa shape index (κ1) is 12.9. The van der Waals surface area contributed by atoms with Crippen molar-refractivity contribution in [1.82, 2.24) is 0 Å². The second-order valence-corrected chi connectivity index (χ2v) is 6.75. The summed E-state index contributed by atoms with van der Waals surface area (Å²) in [6, 6.07) is 2.10. The molecule has 6 heteroatoms. The molecule has 0 saturated heterocycles. The van der Waals surface area contributed by atoms with Gasteiger partial charge in [-0.1, -0.05) is 0 Å². The predicted molar refractivity (Wildman–Crippen MR) is 69.8 cm³/mol. The molecule has 0 unspecified atom stereocenters. The molecule has 0 atom stereocenters. The lowest BCUT2D eigenvalue weighted by atomic mass is 10.1. The molecule has 1 aromatic heterocycles. The Morgan fingerprint density at radius 2 is 2.40 bits per heavy atom. The number of thiophene rings is 1. The molecule has 0 bridgehead atoms. The lowest BCUT2D eigenvalue weighted by Gasteiger charge is -2.01. The Kier molecular flexibility index (Phi) is 5.02. The van der Waals surface area contributed by atoms with Crippen LogP contribution in [0.15, 0.2) is 3.79 Å². The van der Waals surface area contributed by atoms with Crippen molar-refractivity contribution in [3.8, 4) is 6.07 Å². The molecule has 1 heterocycles. The van der Waals surface area contributed by atoms with Crippen LogP contribution in [0.3, 0.4) is 0 Å². The highest BCUT2D eigenvalue weighted by Gasteiger charge is 2.18. The van der Waals surface area contributed by atoms with Crippen LogP contribution in [0.2, 0.25) is 0 Å². The Morgan fingerprint density at radius 1 is 1.73 bits per heavy atom. The summed E-state index contributed by atoms with van der Waals surface area (Å²) in [7, 11) is 0. The molecule has 1 aromatic rings. The van der Waals surface area contributed by atoms with Gasteiger partial charge in [-0.15, -0.1) is 11.3 Å². The van der Waals surface area contributed by atoms with Gasteiger partial charge in [0.05, 0.1) is 25.3 Å². The van der Waals surface area contributed by atoms with E-state index in [-0.39, 0.29) is 12.4 Å². The van der Waals surface area contributed by atoms with Gasteiger partial charge in [0.1, 0.15) is 6.07 Å². The molecule has 0 fully saturated rings. The number of hydrogen-bond donors (Lipinski definition) is 0. The average molecular weight is 400 g/mol. The molecule has 0 aliphatic carbocycles. The van der Waals surface area contributed by atoms with Crippen LogP contribution in [0.25, 0.3) is 0 Å². The van der Waals surface area contributed by atoms with Crippen molar-refractivity contribution in [2.45, 2.75) is 13.3 Å². The van der Waals surface area contributed by atoms with Crippen LogP contribution < -0.4 is 0 Å². The summed E-state index contributed by atoms with van der Waals surface area (Å²) in [6.07, 6.45) is 0.150. The Labute approximate surface area is 114 Å². The first-order valence-electron chi connectivity index (χ1n) is 4.12. The summed E-state index contributed by atoms with van der Waals surface area (Å²) >= 11 is 6.89. The van der Waals surface area contributed by atoms with Gasteiger partial charge in [0.25, 0.3) is 0 Å². The third-order valence-corrected chi connectivity index (χ3v) is 4.63. The minimum absolute atomic E-state index is 0.150. The smallest absolute Gasteiger partial charge is 0.310 e. The highest BCUT2D eigenvalue weighted by Crippen LogP contribution is 2.34. The van der Waals surface area contributed by atoms with Crippen molar-refractivity contribution in [1.29, 1.82) is 5.26 Å². The van der Waals surface area contributed by atoms with E-state index >= 15 is 0 Å². The maximum atomic E-state index is 11.3. The van der Waals surface area contributed by atoms with Gasteiger partial charge < -0.3 is 4.74 Å². The van der Waals surface area contributed by atoms with Crippen LogP contribution >= 0.6 is 49.9 Å². The van der Waals surface area contributed by atoms with Crippen LogP contribution in [0.1, 0.15) is 18.1 Å². The molecule has 0 amide bonds. The molecule has 0 N–H and O–H groups in total. The van der Waals surface area contributed by atoms with E-state index in [9.17, 15) is 4.79 Å². The first-order chi connectivity index (χ1) is 7.10. The monoisotopic (exact) mass is 399 g/mol. The Balaban J connectivity index is 2.94. The number of nitrogens with zero attached hydrogens (tertiary/aromatic N) is 1. The molecule has 0 saturated carbocycles. The van der Waals surface area contributed by atoms with Crippen LogP contribution in [-0.4, -0.2) is 12.6 Å². The topological polar surface area (TPSA) is 50.1 Å². The maximum Gasteiger partial charge on any atom is 0.310 e. The minimum Gasteiger partial charge on any atom is -0.466 e. The number of rotatable bonds is 3. The largest absolute Gasteiger partial charge is 0.466 e. The number of hydrogen-bond acceptors (Lipinski definition) is 4. The van der Waals surface area contributed by atoms with Gasteiger partial charge in [-0.2, -0.15) is 5.26 Å². The van der Waals surface area contributed by atoms with Gasteiger partial charge in [0.2, 0.25) is 0 Å². The fraction of sp³-hybridized carbons (Fsp3) is 0.333. The average Bonchev–Trinajstić information content (AvgIpc) is 2.42. The van der Waals surface area contributed by atoms with Gasteiger partial charge in [-0.05, 0) is 45.4 Å². The molecular formula is C9H7BrINO2S. The maximum absolute atomic E-state index is 11.3. The van der Waals surface area contributed by atoms with Crippen LogP contribution in [0.4, 0.5) is 0 Å². The van der Waals surface area contributed by atoms with Gasteiger partial charge in [0.15, 0.2) is 0 Å². The van der Waals surface area contributed by atoms with E-state index in [1.54, 1.807) is 6.92 Å². The number of ether oxygens (including phenoxy) is 1. The standard InChI is InChI=1S/C9H7BrINO2S/c1-2-14-7(13)3-5-6(4-12)9(11)15-8(5)10/h2-3H2,1H3. The number of esters is 1. The highest BCUT2D eigenvalue weighted by atomic mass is 127. The van der Waals surface area contributed by atoms with Crippen molar-refractivity contribution in [2.75, 3.05) is 6.61 Å². The summed E-state index contributed by atoms with van der Waals surface area (Å²) in [4.78, 5) is 11.3. The third-order valence-electron chi connectivity index (χ3n) is 1.65. The highest BCUT2D eigenvalue weighted by molar-refractivity contribution is 14.1. The summed E-state index contributed by atoms with van der Waals surface area (Å²) in [5, 5.41) is 8.93. The molecule has 0 aliphatic heterocycles. The van der Waals surface area contributed by atoms with Gasteiger partial charge >= 0.3 is 5.97 Å². The van der Waals surface area contributed by atoms with E-state index in [1.165, 1.54) is 11.3 Å². The van der Waals surface area contributed by atoms with Crippen LogP contribution in [0.5, 0.6) is 0 Å². The van der Waals surface area contributed by atoms with E-state index < -0.39 is 0 Å². The van der Waals surface area contributed by atoms with Crippen LogP contribution in [0, 0.1) is 14.2 Å². The summed E-state index contributed by atoms with van der Waals surface area (Å²) in [6.45, 7) is 2.12. The fourth-order valence-electron chi connectivity index (χ4n) is 1.03. The molecule has 0 aliphatic rings.